The molecule has 0 unspecified atom stereocenters. The summed E-state index contributed by atoms with van der Waals surface area (Å²) in [6.45, 7) is 0.305. The Morgan fingerprint density at radius 2 is 2.00 bits per heavy atom. The van der Waals surface area contributed by atoms with Crippen LogP contribution in [0.3, 0.4) is 0 Å². The van der Waals surface area contributed by atoms with Crippen LogP contribution in [-0.2, 0) is 16.4 Å². The Morgan fingerprint density at radius 1 is 1.15 bits per heavy atom. The van der Waals surface area contributed by atoms with Crippen LogP contribution in [0.1, 0.15) is 12.2 Å². The molecule has 0 spiro atoms. The number of hydrogen-bond donors (Lipinski definition) is 1. The summed E-state index contributed by atoms with van der Waals surface area (Å²) >= 11 is 0. The molecule has 0 aliphatic rings. The van der Waals surface area contributed by atoms with Gasteiger partial charge in [0.15, 0.2) is 0 Å². The zero-order valence-electron chi connectivity index (χ0n) is 14.7. The van der Waals surface area contributed by atoms with Crippen LogP contribution < -0.4 is 14.2 Å². The fraction of sp³-hybridized carbons (Fsp3) is 0.278. The first-order chi connectivity index (χ1) is 12.5. The van der Waals surface area contributed by atoms with Gasteiger partial charge in [0.05, 0.1) is 25.9 Å². The summed E-state index contributed by atoms with van der Waals surface area (Å²) in [4.78, 5) is 4.48. The number of nitrogens with zero attached hydrogens (tertiary/aromatic N) is 2. The fourth-order valence-corrected chi connectivity index (χ4v) is 3.93. The van der Waals surface area contributed by atoms with Crippen molar-refractivity contribution in [2.24, 2.45) is 0 Å². The molecule has 2 heterocycles. The monoisotopic (exact) mass is 375 g/mol. The normalized spacial score (nSPS) is 11.6. The number of sulfonamides is 1. The molecule has 0 saturated heterocycles. The third kappa shape index (κ3) is 3.81. The second-order valence-electron chi connectivity index (χ2n) is 5.69. The standard InChI is InChI=1S/C18H21N3O4S/c1-24-15-8-9-17(16(12-15)25-2)26(22,23)20-10-5-7-18-19-13-14-6-3-4-11-21(14)18/h3-4,6,8-9,11-13,20H,5,7,10H2,1-2H3. The molecule has 138 valence electrons. The van der Waals surface area contributed by atoms with Gasteiger partial charge in [-0.3, -0.25) is 0 Å². The lowest BCUT2D eigenvalue weighted by molar-refractivity contribution is 0.386. The molecular weight excluding hydrogens is 354 g/mol. The second kappa shape index (κ2) is 7.76. The minimum absolute atomic E-state index is 0.0899. The molecule has 7 nitrogen and oxygen atoms in total. The Kier molecular flexibility index (Phi) is 5.43. The highest BCUT2D eigenvalue weighted by Gasteiger charge is 2.19. The molecule has 0 saturated carbocycles. The van der Waals surface area contributed by atoms with Gasteiger partial charge in [-0.1, -0.05) is 6.07 Å². The van der Waals surface area contributed by atoms with Crippen molar-refractivity contribution in [2.45, 2.75) is 17.7 Å². The van der Waals surface area contributed by atoms with E-state index in [0.717, 1.165) is 11.3 Å². The second-order valence-corrected chi connectivity index (χ2v) is 7.42. The SMILES string of the molecule is COc1ccc(S(=O)(=O)NCCCc2ncc3ccccn23)c(OC)c1. The van der Waals surface area contributed by atoms with Crippen LogP contribution >= 0.6 is 0 Å². The summed E-state index contributed by atoms with van der Waals surface area (Å²) in [5.41, 5.74) is 1.02. The molecule has 0 amide bonds. The van der Waals surface area contributed by atoms with E-state index in [1.54, 1.807) is 12.1 Å². The number of ether oxygens (including phenoxy) is 2. The van der Waals surface area contributed by atoms with Crippen molar-refractivity contribution < 1.29 is 17.9 Å². The van der Waals surface area contributed by atoms with E-state index in [1.807, 2.05) is 35.0 Å². The summed E-state index contributed by atoms with van der Waals surface area (Å²) in [5.74, 6) is 1.69. The largest absolute Gasteiger partial charge is 0.497 e. The number of methoxy groups -OCH3 is 2. The number of rotatable bonds is 8. The van der Waals surface area contributed by atoms with Crippen LogP contribution in [-0.4, -0.2) is 38.6 Å². The summed E-state index contributed by atoms with van der Waals surface area (Å²) in [5, 5.41) is 0. The van der Waals surface area contributed by atoms with Crippen LogP contribution in [0, 0.1) is 0 Å². The van der Waals surface area contributed by atoms with Gasteiger partial charge >= 0.3 is 0 Å². The van der Waals surface area contributed by atoms with Gasteiger partial charge < -0.3 is 13.9 Å². The van der Waals surface area contributed by atoms with Crippen molar-refractivity contribution in [3.8, 4) is 11.5 Å². The molecule has 2 aromatic heterocycles. The average Bonchev–Trinajstić information content (AvgIpc) is 3.08. The van der Waals surface area contributed by atoms with Crippen LogP contribution in [0.5, 0.6) is 11.5 Å². The number of fused-ring (bicyclic) bond motifs is 1. The molecule has 26 heavy (non-hydrogen) atoms. The van der Waals surface area contributed by atoms with Gasteiger partial charge in [-0.05, 0) is 30.7 Å². The van der Waals surface area contributed by atoms with Crippen molar-refractivity contribution in [3.63, 3.8) is 0 Å². The van der Waals surface area contributed by atoms with Crippen LogP contribution in [0.25, 0.3) is 5.52 Å². The van der Waals surface area contributed by atoms with Gasteiger partial charge in [0, 0.05) is 25.2 Å². The third-order valence-corrected chi connectivity index (χ3v) is 5.55. The zero-order valence-corrected chi connectivity index (χ0v) is 15.5. The lowest BCUT2D eigenvalue weighted by Crippen LogP contribution is -2.25. The van der Waals surface area contributed by atoms with E-state index >= 15 is 0 Å². The van der Waals surface area contributed by atoms with Gasteiger partial charge in [-0.2, -0.15) is 0 Å². The van der Waals surface area contributed by atoms with Crippen molar-refractivity contribution in [1.82, 2.24) is 14.1 Å². The lowest BCUT2D eigenvalue weighted by Gasteiger charge is -2.12. The van der Waals surface area contributed by atoms with E-state index in [1.165, 1.54) is 20.3 Å². The van der Waals surface area contributed by atoms with Gasteiger partial charge in [0.1, 0.15) is 22.2 Å². The Hall–Kier alpha value is -2.58. The first-order valence-corrected chi connectivity index (χ1v) is 9.66. The van der Waals surface area contributed by atoms with E-state index < -0.39 is 10.0 Å². The summed E-state index contributed by atoms with van der Waals surface area (Å²) in [6.07, 6.45) is 5.05. The van der Waals surface area contributed by atoms with Gasteiger partial charge in [0.25, 0.3) is 0 Å². The molecular formula is C18H21N3O4S. The Labute approximate surface area is 152 Å². The highest BCUT2D eigenvalue weighted by Crippen LogP contribution is 2.28. The van der Waals surface area contributed by atoms with Crippen LogP contribution in [0.15, 0.2) is 53.7 Å². The highest BCUT2D eigenvalue weighted by molar-refractivity contribution is 7.89. The molecule has 0 radical (unpaired) electrons. The Morgan fingerprint density at radius 3 is 2.77 bits per heavy atom. The van der Waals surface area contributed by atoms with E-state index in [2.05, 4.69) is 9.71 Å². The number of nitrogens with one attached hydrogen (secondary N) is 1. The first kappa shape index (κ1) is 18.2. The number of hydrogen-bond acceptors (Lipinski definition) is 5. The molecule has 0 atom stereocenters. The topological polar surface area (TPSA) is 81.9 Å². The maximum atomic E-state index is 12.5. The summed E-state index contributed by atoms with van der Waals surface area (Å²) in [7, 11) is -0.727. The molecule has 8 heteroatoms. The predicted octanol–water partition coefficient (Wildman–Crippen LogP) is 2.26. The van der Waals surface area contributed by atoms with Gasteiger partial charge in [-0.25, -0.2) is 18.1 Å². The van der Waals surface area contributed by atoms with Crippen molar-refractivity contribution >= 4 is 15.5 Å². The minimum atomic E-state index is -3.67. The summed E-state index contributed by atoms with van der Waals surface area (Å²) < 4.78 is 39.9. The fourth-order valence-electron chi connectivity index (χ4n) is 2.71. The lowest BCUT2D eigenvalue weighted by atomic mass is 10.3. The van der Waals surface area contributed by atoms with Gasteiger partial charge in [-0.15, -0.1) is 0 Å². The first-order valence-electron chi connectivity index (χ1n) is 8.18. The molecule has 1 N–H and O–H groups in total. The summed E-state index contributed by atoms with van der Waals surface area (Å²) in [6, 6.07) is 10.5. The number of imidazole rings is 1. The third-order valence-electron chi connectivity index (χ3n) is 4.04. The molecule has 0 bridgehead atoms. The molecule has 3 rings (SSSR count). The quantitative estimate of drug-likeness (QED) is 0.611. The number of aryl methyl sites for hydroxylation is 1. The molecule has 0 aliphatic carbocycles. The Bertz CT molecular complexity index is 999. The predicted molar refractivity (Wildman–Crippen MR) is 98.2 cm³/mol. The maximum Gasteiger partial charge on any atom is 0.244 e. The molecule has 3 aromatic rings. The Balaban J connectivity index is 1.64. The minimum Gasteiger partial charge on any atom is -0.497 e. The van der Waals surface area contributed by atoms with Crippen molar-refractivity contribution in [1.29, 1.82) is 0 Å². The molecule has 0 aliphatic heterocycles. The van der Waals surface area contributed by atoms with E-state index in [9.17, 15) is 8.42 Å². The van der Waals surface area contributed by atoms with E-state index in [0.29, 0.717) is 25.1 Å². The molecule has 0 fully saturated rings. The maximum absolute atomic E-state index is 12.5. The van der Waals surface area contributed by atoms with Crippen molar-refractivity contribution in [2.75, 3.05) is 20.8 Å². The van der Waals surface area contributed by atoms with Crippen LogP contribution in [0.4, 0.5) is 0 Å². The van der Waals surface area contributed by atoms with Crippen molar-refractivity contribution in [3.05, 3.63) is 54.6 Å². The number of benzene rings is 1. The molecule has 1 aromatic carbocycles. The van der Waals surface area contributed by atoms with E-state index in [-0.39, 0.29) is 10.6 Å². The average molecular weight is 375 g/mol. The highest BCUT2D eigenvalue weighted by atomic mass is 32.2. The smallest absolute Gasteiger partial charge is 0.244 e. The zero-order chi connectivity index (χ0) is 18.6. The number of pyridine rings is 1. The van der Waals surface area contributed by atoms with Crippen LogP contribution in [0.2, 0.25) is 0 Å². The number of aromatic nitrogens is 2. The van der Waals surface area contributed by atoms with Gasteiger partial charge in [0.2, 0.25) is 10.0 Å². The van der Waals surface area contributed by atoms with E-state index in [4.69, 9.17) is 9.47 Å².